The summed E-state index contributed by atoms with van der Waals surface area (Å²) in [6.45, 7) is 11.2. The monoisotopic (exact) mass is 754 g/mol. The van der Waals surface area contributed by atoms with Gasteiger partial charge in [0.15, 0.2) is 0 Å². The Bertz CT molecular complexity index is 2100. The zero-order valence-electron chi connectivity index (χ0n) is 33.3. The number of carbonyl (C=O) groups is 3. The van der Waals surface area contributed by atoms with Gasteiger partial charge in [-0.1, -0.05) is 114 Å². The van der Waals surface area contributed by atoms with Gasteiger partial charge in [0.05, 0.1) is 17.2 Å². The van der Waals surface area contributed by atoms with E-state index in [4.69, 9.17) is 9.31 Å². The van der Waals surface area contributed by atoms with Crippen LogP contribution in [0.4, 0.5) is 0 Å². The number of fused-ring (bicyclic) bond motifs is 1. The van der Waals surface area contributed by atoms with Crippen LogP contribution in [0, 0.1) is 29.1 Å². The quantitative estimate of drug-likeness (QED) is 0.135. The van der Waals surface area contributed by atoms with Crippen molar-refractivity contribution in [1.82, 2.24) is 20.9 Å². The minimum absolute atomic E-state index is 0.0258. The van der Waals surface area contributed by atoms with E-state index in [0.717, 1.165) is 59.6 Å². The molecule has 1 aromatic heterocycles. The number of carbonyl (C=O) groups excluding carboxylic acids is 3. The maximum atomic E-state index is 14.2. The molecule has 1 aliphatic heterocycles. The summed E-state index contributed by atoms with van der Waals surface area (Å²) < 4.78 is 13.6. The Hall–Kier alpha value is -4.54. The van der Waals surface area contributed by atoms with Crippen molar-refractivity contribution in [2.24, 2.45) is 29.1 Å². The van der Waals surface area contributed by atoms with Crippen LogP contribution in [0.2, 0.25) is 0 Å². The molecule has 292 valence electrons. The molecule has 56 heavy (non-hydrogen) atoms. The summed E-state index contributed by atoms with van der Waals surface area (Å²) in [5.74, 6) is -0.0728. The second kappa shape index (κ2) is 15.4. The van der Waals surface area contributed by atoms with E-state index in [2.05, 4.69) is 72.0 Å². The maximum Gasteiger partial charge on any atom is 0.494 e. The van der Waals surface area contributed by atoms with Crippen molar-refractivity contribution in [2.45, 2.75) is 110 Å². The molecular weight excluding hydrogens is 699 g/mol. The van der Waals surface area contributed by atoms with E-state index >= 15 is 0 Å². The van der Waals surface area contributed by atoms with Crippen molar-refractivity contribution in [3.8, 4) is 11.1 Å². The predicted molar refractivity (Wildman–Crippen MR) is 220 cm³/mol. The van der Waals surface area contributed by atoms with Crippen LogP contribution in [0.5, 0.6) is 0 Å². The van der Waals surface area contributed by atoms with E-state index in [9.17, 15) is 14.4 Å². The van der Waals surface area contributed by atoms with Crippen molar-refractivity contribution in [3.63, 3.8) is 0 Å². The zero-order chi connectivity index (χ0) is 39.2. The molecule has 10 heteroatoms. The molecule has 4 saturated carbocycles. The predicted octanol–water partition coefficient (Wildman–Crippen LogP) is 6.97. The van der Waals surface area contributed by atoms with Gasteiger partial charge in [0.25, 0.3) is 5.91 Å². The molecule has 7 atom stereocenters. The molecule has 3 aromatic carbocycles. The van der Waals surface area contributed by atoms with Gasteiger partial charge < -0.3 is 25.3 Å². The van der Waals surface area contributed by atoms with Crippen LogP contribution >= 0.6 is 0 Å². The third kappa shape index (κ3) is 7.26. The molecule has 1 saturated heterocycles. The summed E-state index contributed by atoms with van der Waals surface area (Å²) in [4.78, 5) is 46.4. The molecule has 0 spiro atoms. The lowest BCUT2D eigenvalue weighted by Crippen LogP contribution is -2.65. The van der Waals surface area contributed by atoms with Gasteiger partial charge >= 0.3 is 7.12 Å². The average molecular weight is 755 g/mol. The summed E-state index contributed by atoms with van der Waals surface area (Å²) in [5.41, 5.74) is 4.81. The standard InChI is InChI=1S/C46H55BN4O5/c1-6-28(2)40(50-44(54)41(32-17-10-11-18-32)51-42(52)37-21-20-31-16-12-13-19-36(31)49-37)43(53)48-27-29-22-33(30-14-8-7-9-15-30)24-35(23-29)47-55-39-26-34-25-38(45(34,3)4)46(39,5)56-47/h7-9,12-16,19-24,28,32,34,38-41H,6,10-11,17-18,25-27H2,1-5H3,(H,48,53)(H,50,54)(H,51,52)/t28-,34-,38-,39+,40-,41-,46-/m0/s1. The third-order valence-corrected chi connectivity index (χ3v) is 13.9. The highest BCUT2D eigenvalue weighted by Crippen LogP contribution is 2.65. The first-order valence-electron chi connectivity index (χ1n) is 20.7. The molecule has 9 nitrogen and oxygen atoms in total. The SMILES string of the molecule is CC[C@H](C)[C@H](NC(=O)[C@@H](NC(=O)c1ccc2ccccc2n1)C1CCCC1)C(=O)NCc1cc(B2O[C@@H]3C[C@@H]4C[C@@H](C4(C)C)[C@]3(C)O2)cc(-c2ccccc2)c1. The molecule has 9 rings (SSSR count). The van der Waals surface area contributed by atoms with Gasteiger partial charge in [-0.15, -0.1) is 0 Å². The lowest BCUT2D eigenvalue weighted by Gasteiger charge is -2.64. The Labute approximate surface area is 331 Å². The Morgan fingerprint density at radius 3 is 2.38 bits per heavy atom. The summed E-state index contributed by atoms with van der Waals surface area (Å²) in [6.07, 6.45) is 6.57. The molecule has 2 bridgehead atoms. The first-order chi connectivity index (χ1) is 26.9. The Morgan fingerprint density at radius 2 is 1.62 bits per heavy atom. The summed E-state index contributed by atoms with van der Waals surface area (Å²) in [5, 5.41) is 10.2. The lowest BCUT2D eigenvalue weighted by molar-refractivity contribution is -0.199. The van der Waals surface area contributed by atoms with Gasteiger partial charge in [-0.25, -0.2) is 4.98 Å². The number of rotatable bonds is 12. The molecule has 2 heterocycles. The fourth-order valence-electron chi connectivity index (χ4n) is 10.1. The highest BCUT2D eigenvalue weighted by molar-refractivity contribution is 6.62. The minimum Gasteiger partial charge on any atom is -0.402 e. The van der Waals surface area contributed by atoms with Crippen LogP contribution in [0.15, 0.2) is 84.9 Å². The highest BCUT2D eigenvalue weighted by atomic mass is 16.7. The number of nitrogens with one attached hydrogen (secondary N) is 3. The number of para-hydroxylation sites is 1. The van der Waals surface area contributed by atoms with Gasteiger partial charge in [0.2, 0.25) is 11.8 Å². The molecule has 0 unspecified atom stereocenters. The van der Waals surface area contributed by atoms with Gasteiger partial charge in [0.1, 0.15) is 17.8 Å². The zero-order valence-corrected chi connectivity index (χ0v) is 33.3. The van der Waals surface area contributed by atoms with Crippen molar-refractivity contribution in [2.75, 3.05) is 0 Å². The number of pyridine rings is 1. The molecule has 5 fully saturated rings. The van der Waals surface area contributed by atoms with Crippen LogP contribution in [-0.4, -0.2) is 53.6 Å². The van der Waals surface area contributed by atoms with E-state index in [1.165, 1.54) is 6.42 Å². The number of hydrogen-bond donors (Lipinski definition) is 3. The van der Waals surface area contributed by atoms with Gasteiger partial charge in [-0.3, -0.25) is 14.4 Å². The number of aromatic nitrogens is 1. The van der Waals surface area contributed by atoms with Crippen LogP contribution in [0.3, 0.4) is 0 Å². The molecule has 5 aliphatic rings. The number of benzene rings is 3. The van der Waals surface area contributed by atoms with Crippen LogP contribution < -0.4 is 21.4 Å². The molecule has 4 aromatic rings. The molecule has 4 aliphatic carbocycles. The molecule has 0 radical (unpaired) electrons. The second-order valence-corrected chi connectivity index (χ2v) is 17.6. The smallest absolute Gasteiger partial charge is 0.402 e. The van der Waals surface area contributed by atoms with Gasteiger partial charge in [-0.2, -0.15) is 0 Å². The topological polar surface area (TPSA) is 119 Å². The van der Waals surface area contributed by atoms with Crippen molar-refractivity contribution in [1.29, 1.82) is 0 Å². The summed E-state index contributed by atoms with van der Waals surface area (Å²) in [7, 11) is -0.502. The van der Waals surface area contributed by atoms with Crippen LogP contribution in [0.25, 0.3) is 22.0 Å². The van der Waals surface area contributed by atoms with Crippen molar-refractivity contribution >= 4 is 41.2 Å². The highest BCUT2D eigenvalue weighted by Gasteiger charge is 2.68. The fraction of sp³-hybridized carbons (Fsp3) is 0.478. The van der Waals surface area contributed by atoms with Crippen LogP contribution in [0.1, 0.15) is 95.6 Å². The second-order valence-electron chi connectivity index (χ2n) is 17.6. The molecule has 3 amide bonds. The van der Waals surface area contributed by atoms with Gasteiger partial charge in [-0.05, 0) is 102 Å². The fourth-order valence-corrected chi connectivity index (χ4v) is 10.1. The number of hydrogen-bond acceptors (Lipinski definition) is 6. The van der Waals surface area contributed by atoms with Crippen molar-refractivity contribution in [3.05, 3.63) is 96.2 Å². The Kier molecular flexibility index (Phi) is 10.6. The molecular formula is C46H55BN4O5. The first kappa shape index (κ1) is 38.3. The first-order valence-corrected chi connectivity index (χ1v) is 20.7. The minimum atomic E-state index is -0.789. The van der Waals surface area contributed by atoms with Crippen molar-refractivity contribution < 1.29 is 23.7 Å². The largest absolute Gasteiger partial charge is 0.494 e. The number of nitrogens with zero attached hydrogens (tertiary/aromatic N) is 1. The van der Waals surface area contributed by atoms with Gasteiger partial charge in [0, 0.05) is 11.9 Å². The van der Waals surface area contributed by atoms with E-state index in [1.54, 1.807) is 6.07 Å². The van der Waals surface area contributed by atoms with E-state index in [-0.39, 0.29) is 53.0 Å². The van der Waals surface area contributed by atoms with Crippen LogP contribution in [-0.2, 0) is 25.4 Å². The van der Waals surface area contributed by atoms with E-state index in [1.807, 2.05) is 62.4 Å². The maximum absolute atomic E-state index is 14.2. The number of amides is 3. The molecule has 3 N–H and O–H groups in total. The lowest BCUT2D eigenvalue weighted by atomic mass is 9.43. The average Bonchev–Trinajstić information content (AvgIpc) is 3.88. The normalized spacial score (nSPS) is 25.4. The van der Waals surface area contributed by atoms with E-state index < -0.39 is 25.1 Å². The summed E-state index contributed by atoms with van der Waals surface area (Å²) in [6, 6.07) is 26.2. The Morgan fingerprint density at radius 1 is 0.875 bits per heavy atom. The van der Waals surface area contributed by atoms with E-state index in [0.29, 0.717) is 23.8 Å². The summed E-state index contributed by atoms with van der Waals surface area (Å²) >= 11 is 0. The third-order valence-electron chi connectivity index (χ3n) is 13.9. The Balaban J connectivity index is 0.995.